The number of thiazole rings is 1. The average Bonchev–Trinajstić information content (AvgIpc) is 4.06. The molecule has 71 heavy (non-hydrogen) atoms. The molecule has 0 fully saturated rings. The van der Waals surface area contributed by atoms with Gasteiger partial charge in [-0.05, 0) is 60.4 Å². The van der Waals surface area contributed by atoms with Crippen molar-refractivity contribution in [1.82, 2.24) is 13.9 Å². The van der Waals surface area contributed by atoms with Gasteiger partial charge in [0.25, 0.3) is 7.41 Å². The average molecular weight is 957 g/mol. The van der Waals surface area contributed by atoms with Gasteiger partial charge in [0, 0.05) is 50.5 Å². The first kappa shape index (κ1) is 46.8. The summed E-state index contributed by atoms with van der Waals surface area (Å²) in [5, 5.41) is 27.7. The van der Waals surface area contributed by atoms with Crippen LogP contribution in [0.1, 0.15) is 35.7 Å². The number of aromatic nitrogens is 3. The van der Waals surface area contributed by atoms with Crippen molar-refractivity contribution in [3.8, 4) is 29.1 Å². The van der Waals surface area contributed by atoms with E-state index >= 15 is 0 Å². The summed E-state index contributed by atoms with van der Waals surface area (Å²) in [4.78, 5) is 6.14. The number of nitrogen functional groups attached to an aromatic ring is 1. The Labute approximate surface area is 424 Å². The van der Waals surface area contributed by atoms with Gasteiger partial charge in [-0.25, -0.2) is 4.98 Å². The number of ether oxygens (including phenoxy) is 1. The third kappa shape index (κ3) is 9.55. The predicted molar refractivity (Wildman–Crippen MR) is 299 cm³/mol. The van der Waals surface area contributed by atoms with Crippen molar-refractivity contribution in [3.63, 3.8) is 0 Å². The van der Waals surface area contributed by atoms with E-state index in [4.69, 9.17) is 15.5 Å². The van der Waals surface area contributed by atoms with Crippen LogP contribution in [-0.4, -0.2) is 40.6 Å². The highest BCUT2D eigenvalue weighted by molar-refractivity contribution is 7.99. The van der Waals surface area contributed by atoms with E-state index in [-0.39, 0.29) is 0 Å². The highest BCUT2D eigenvalue weighted by Crippen LogP contribution is 2.36. The molecule has 7 nitrogen and oxygen atoms in total. The molecule has 344 valence electrons. The lowest BCUT2D eigenvalue weighted by molar-refractivity contribution is 0.271. The quantitative estimate of drug-likeness (QED) is 0.0624. The number of nitrogens with zero attached hydrogens (tertiary/aromatic N) is 5. The van der Waals surface area contributed by atoms with Crippen LogP contribution in [0.15, 0.2) is 193 Å². The van der Waals surface area contributed by atoms with Gasteiger partial charge in [-0.3, -0.25) is 0 Å². The number of aryl methyl sites for hydroxylation is 1. The molecule has 0 saturated carbocycles. The summed E-state index contributed by atoms with van der Waals surface area (Å²) in [6, 6.07) is 69.9. The van der Waals surface area contributed by atoms with E-state index in [0.29, 0.717) is 54.0 Å². The SMILES string of the molecule is Cc1ccccc1-c1c2/c(=C(\C#N)CSc3ccccc3N)n(Bc3ccccc3)c(Cc3ccc(OCC(C)C)cc3)c2/c(=C(\C#N)c2nc3ccccc3s2)n1B(c1ccccc1)c1ccccc1. The monoisotopic (exact) mass is 956 g/mol. The number of fused-ring (bicyclic) bond motifs is 2. The fraction of sp³-hybridized carbons (Fsp3) is 0.117. The molecule has 0 atom stereocenters. The molecule has 2 N–H and O–H groups in total. The summed E-state index contributed by atoms with van der Waals surface area (Å²) in [6.07, 6.45) is 0.482. The number of benzene rings is 7. The fourth-order valence-corrected chi connectivity index (χ4v) is 11.4. The van der Waals surface area contributed by atoms with Crippen LogP contribution < -0.4 is 37.6 Å². The van der Waals surface area contributed by atoms with Crippen LogP contribution in [0.25, 0.3) is 43.4 Å². The van der Waals surface area contributed by atoms with Crippen LogP contribution >= 0.6 is 23.1 Å². The Balaban J connectivity index is 1.46. The number of para-hydroxylation sites is 2. The number of nitriles is 2. The largest absolute Gasteiger partial charge is 0.493 e. The Kier molecular flexibility index (Phi) is 13.8. The fourth-order valence-electron chi connectivity index (χ4n) is 9.57. The third-order valence-electron chi connectivity index (χ3n) is 12.8. The second kappa shape index (κ2) is 21.0. The molecular formula is C60H50B2N6OS2. The van der Waals surface area contributed by atoms with Crippen molar-refractivity contribution in [2.45, 2.75) is 32.1 Å². The van der Waals surface area contributed by atoms with Crippen molar-refractivity contribution in [3.05, 3.63) is 221 Å². The van der Waals surface area contributed by atoms with E-state index in [2.05, 4.69) is 157 Å². The molecule has 3 heterocycles. The molecular weight excluding hydrogens is 906 g/mol. The number of hydrogen-bond donors (Lipinski definition) is 1. The summed E-state index contributed by atoms with van der Waals surface area (Å²) in [5.74, 6) is 1.54. The zero-order valence-corrected chi connectivity index (χ0v) is 41.6. The topological polar surface area (TPSA) is 106 Å². The van der Waals surface area contributed by atoms with E-state index in [9.17, 15) is 10.5 Å². The van der Waals surface area contributed by atoms with Crippen molar-refractivity contribution >= 4 is 91.6 Å². The number of nitrogens with two attached hydrogens (primary N) is 1. The highest BCUT2D eigenvalue weighted by Gasteiger charge is 2.34. The molecule has 10 rings (SSSR count). The van der Waals surface area contributed by atoms with Crippen molar-refractivity contribution < 1.29 is 4.74 Å². The van der Waals surface area contributed by atoms with Crippen LogP contribution in [0, 0.1) is 35.5 Å². The van der Waals surface area contributed by atoms with Crippen LogP contribution in [-0.2, 0) is 6.42 Å². The molecule has 0 aliphatic heterocycles. The first-order chi connectivity index (χ1) is 34.8. The second-order valence-corrected chi connectivity index (χ2v) is 20.2. The number of thioether (sulfide) groups is 1. The van der Waals surface area contributed by atoms with Gasteiger partial charge in [-0.2, -0.15) is 10.5 Å². The molecule has 0 spiro atoms. The van der Waals surface area contributed by atoms with Gasteiger partial charge in [0.2, 0.25) is 0 Å². The van der Waals surface area contributed by atoms with Gasteiger partial charge < -0.3 is 19.4 Å². The Morgan fingerprint density at radius 2 is 1.37 bits per heavy atom. The maximum Gasteiger partial charge on any atom is 0.328 e. The van der Waals surface area contributed by atoms with Gasteiger partial charge >= 0.3 is 6.85 Å². The minimum atomic E-state index is -0.420. The lowest BCUT2D eigenvalue weighted by Gasteiger charge is -2.23. The minimum Gasteiger partial charge on any atom is -0.493 e. The Morgan fingerprint density at radius 1 is 0.732 bits per heavy atom. The Hall–Kier alpha value is -7.95. The van der Waals surface area contributed by atoms with Gasteiger partial charge in [-0.15, -0.1) is 23.1 Å². The maximum atomic E-state index is 12.0. The van der Waals surface area contributed by atoms with E-state index in [1.165, 1.54) is 11.3 Å². The summed E-state index contributed by atoms with van der Waals surface area (Å²) in [7, 11) is 0.468. The van der Waals surface area contributed by atoms with Gasteiger partial charge in [0.05, 0.1) is 39.2 Å². The van der Waals surface area contributed by atoms with E-state index in [1.807, 2.05) is 72.8 Å². The molecule has 11 heteroatoms. The summed E-state index contributed by atoms with van der Waals surface area (Å²) < 4.78 is 11.9. The molecule has 3 aromatic heterocycles. The van der Waals surface area contributed by atoms with E-state index < -0.39 is 6.85 Å². The summed E-state index contributed by atoms with van der Waals surface area (Å²) >= 11 is 3.09. The molecule has 7 aromatic carbocycles. The summed E-state index contributed by atoms with van der Waals surface area (Å²) in [5.41, 5.74) is 17.3. The first-order valence-corrected chi connectivity index (χ1v) is 25.7. The molecule has 0 amide bonds. The molecule has 0 unspecified atom stereocenters. The second-order valence-electron chi connectivity index (χ2n) is 18.1. The normalized spacial score (nSPS) is 12.1. The Morgan fingerprint density at radius 3 is 2.01 bits per heavy atom. The van der Waals surface area contributed by atoms with Crippen molar-refractivity contribution in [2.75, 3.05) is 18.1 Å². The predicted octanol–water partition coefficient (Wildman–Crippen LogP) is 9.60. The Bertz CT molecular complexity index is 3670. The van der Waals surface area contributed by atoms with Crippen LogP contribution in [0.2, 0.25) is 0 Å². The first-order valence-electron chi connectivity index (χ1n) is 23.9. The molecule has 10 aromatic rings. The molecule has 0 aliphatic rings. The van der Waals surface area contributed by atoms with Gasteiger partial charge in [0.15, 0.2) is 0 Å². The number of hydrogen-bond acceptors (Lipinski definition) is 7. The molecule has 0 bridgehead atoms. The third-order valence-corrected chi connectivity index (χ3v) is 15.0. The zero-order chi connectivity index (χ0) is 48.8. The summed E-state index contributed by atoms with van der Waals surface area (Å²) in [6.45, 7) is 6.64. The lowest BCUT2D eigenvalue weighted by Crippen LogP contribution is -2.53. The molecule has 0 radical (unpaired) electrons. The maximum absolute atomic E-state index is 12.0. The molecule has 0 saturated heterocycles. The van der Waals surface area contributed by atoms with E-state index in [0.717, 1.165) is 86.8 Å². The zero-order valence-electron chi connectivity index (χ0n) is 39.9. The number of anilines is 1. The van der Waals surface area contributed by atoms with Gasteiger partial charge in [0.1, 0.15) is 22.4 Å². The smallest absolute Gasteiger partial charge is 0.328 e. The number of rotatable bonds is 15. The van der Waals surface area contributed by atoms with Crippen molar-refractivity contribution in [2.24, 2.45) is 5.92 Å². The standard InChI is InChI=1S/C60H50B2N6OS2/c1-40(2)38-69-47-33-31-42(32-34-47)35-52-55-56(57(67(52)61-44-20-7-4-8-21-44)43(36-63)39-70-53-29-17-15-27-50(53)65)58(48-26-14-13-19-41(48)3)68(62(45-22-9-5-10-23-45)46-24-11-6-12-25-46)59(55)49(37-64)60-66-51-28-16-18-30-54(51)71-60/h4-34,40,61H,35,38-39,65H2,1-3H3/b57-43-,59-49-. The van der Waals surface area contributed by atoms with E-state index in [1.54, 1.807) is 11.8 Å². The minimum absolute atomic E-state index is 0.348. The lowest BCUT2D eigenvalue weighted by atomic mass is 9.50. The highest BCUT2D eigenvalue weighted by atomic mass is 32.2. The van der Waals surface area contributed by atoms with Crippen LogP contribution in [0.4, 0.5) is 5.69 Å². The van der Waals surface area contributed by atoms with Crippen molar-refractivity contribution in [1.29, 1.82) is 10.5 Å². The van der Waals surface area contributed by atoms with Gasteiger partial charge in [-0.1, -0.05) is 182 Å². The van der Waals surface area contributed by atoms with Crippen LogP contribution in [0.3, 0.4) is 0 Å². The molecule has 0 aliphatic carbocycles. The van der Waals surface area contributed by atoms with Crippen LogP contribution in [0.5, 0.6) is 5.75 Å².